The van der Waals surface area contributed by atoms with Crippen LogP contribution in [0.3, 0.4) is 0 Å². The Hall–Kier alpha value is -3.60. The van der Waals surface area contributed by atoms with Crippen LogP contribution in [-0.2, 0) is 0 Å². The van der Waals surface area contributed by atoms with E-state index in [4.69, 9.17) is 0 Å². The van der Waals surface area contributed by atoms with Crippen molar-refractivity contribution in [3.63, 3.8) is 0 Å². The molecule has 3 aromatic rings. The van der Waals surface area contributed by atoms with Crippen LogP contribution in [-0.4, -0.2) is 106 Å². The van der Waals surface area contributed by atoms with Gasteiger partial charge in [0.25, 0.3) is 5.91 Å². The SMILES string of the molecule is CN1CCN(c2ccc(N3CCN(C(=O)c4cccc(-n5cnnn5)c4)CC3)nn2)CC1. The topological polar surface area (TPSA) is 99.4 Å². The molecule has 0 bridgehead atoms. The highest BCUT2D eigenvalue weighted by molar-refractivity contribution is 5.95. The molecule has 11 heteroatoms. The smallest absolute Gasteiger partial charge is 0.254 e. The molecule has 32 heavy (non-hydrogen) atoms. The van der Waals surface area contributed by atoms with Gasteiger partial charge in [0.1, 0.15) is 6.33 Å². The van der Waals surface area contributed by atoms with E-state index in [0.717, 1.165) is 56.6 Å². The maximum absolute atomic E-state index is 13.0. The van der Waals surface area contributed by atoms with Crippen LogP contribution < -0.4 is 9.80 Å². The van der Waals surface area contributed by atoms with Crippen LogP contribution >= 0.6 is 0 Å². The summed E-state index contributed by atoms with van der Waals surface area (Å²) in [6.45, 7) is 6.74. The van der Waals surface area contributed by atoms with Gasteiger partial charge in [-0.1, -0.05) is 6.07 Å². The highest BCUT2D eigenvalue weighted by atomic mass is 16.2. The van der Waals surface area contributed by atoms with E-state index in [1.54, 1.807) is 4.68 Å². The molecule has 0 spiro atoms. The number of likely N-dealkylation sites (N-methyl/N-ethyl adjacent to an activating group) is 1. The second-order valence-corrected chi connectivity index (χ2v) is 8.12. The molecular weight excluding hydrogens is 408 g/mol. The summed E-state index contributed by atoms with van der Waals surface area (Å²) in [5, 5.41) is 20.1. The number of aromatic nitrogens is 6. The van der Waals surface area contributed by atoms with Gasteiger partial charge >= 0.3 is 0 Å². The van der Waals surface area contributed by atoms with Crippen LogP contribution in [0.5, 0.6) is 0 Å². The third-order valence-electron chi connectivity index (χ3n) is 6.06. The number of benzene rings is 1. The summed E-state index contributed by atoms with van der Waals surface area (Å²) >= 11 is 0. The minimum Gasteiger partial charge on any atom is -0.353 e. The molecule has 0 N–H and O–H groups in total. The zero-order valence-electron chi connectivity index (χ0n) is 18.1. The van der Waals surface area contributed by atoms with E-state index in [0.29, 0.717) is 18.7 Å². The molecular formula is C21H26N10O. The van der Waals surface area contributed by atoms with Crippen molar-refractivity contribution in [2.75, 3.05) is 69.2 Å². The molecule has 1 amide bonds. The number of carbonyl (C=O) groups excluding carboxylic acids is 1. The molecule has 2 aliphatic heterocycles. The second kappa shape index (κ2) is 8.87. The Kier molecular flexibility index (Phi) is 5.63. The second-order valence-electron chi connectivity index (χ2n) is 8.12. The first kappa shape index (κ1) is 20.3. The average molecular weight is 435 g/mol. The van der Waals surface area contributed by atoms with Gasteiger partial charge in [-0.05, 0) is 47.8 Å². The number of rotatable bonds is 4. The average Bonchev–Trinajstić information content (AvgIpc) is 3.40. The van der Waals surface area contributed by atoms with Crippen molar-refractivity contribution >= 4 is 17.5 Å². The predicted octanol–water partition coefficient (Wildman–Crippen LogP) is 0.167. The van der Waals surface area contributed by atoms with Crippen LogP contribution in [0.4, 0.5) is 11.6 Å². The van der Waals surface area contributed by atoms with E-state index in [9.17, 15) is 4.79 Å². The van der Waals surface area contributed by atoms with Crippen LogP contribution in [0, 0.1) is 0 Å². The Balaban J connectivity index is 1.19. The summed E-state index contributed by atoms with van der Waals surface area (Å²) < 4.78 is 1.54. The third-order valence-corrected chi connectivity index (χ3v) is 6.06. The fraction of sp³-hybridized carbons (Fsp3) is 0.429. The minimum absolute atomic E-state index is 0.0103. The molecule has 2 saturated heterocycles. The maximum atomic E-state index is 13.0. The molecule has 0 radical (unpaired) electrons. The molecule has 0 saturated carbocycles. The quantitative estimate of drug-likeness (QED) is 0.569. The zero-order valence-corrected chi connectivity index (χ0v) is 18.1. The summed E-state index contributed by atoms with van der Waals surface area (Å²) in [5.74, 6) is 1.80. The summed E-state index contributed by atoms with van der Waals surface area (Å²) in [5.41, 5.74) is 1.39. The first-order chi connectivity index (χ1) is 15.7. The fourth-order valence-corrected chi connectivity index (χ4v) is 4.07. The lowest BCUT2D eigenvalue weighted by Crippen LogP contribution is -2.49. The number of amides is 1. The summed E-state index contributed by atoms with van der Waals surface area (Å²) in [6, 6.07) is 11.4. The van der Waals surface area contributed by atoms with Crippen molar-refractivity contribution in [1.82, 2.24) is 40.2 Å². The molecule has 11 nitrogen and oxygen atoms in total. The summed E-state index contributed by atoms with van der Waals surface area (Å²) in [7, 11) is 2.14. The van der Waals surface area contributed by atoms with E-state index >= 15 is 0 Å². The Morgan fingerprint density at radius 3 is 2.09 bits per heavy atom. The lowest BCUT2D eigenvalue weighted by Gasteiger charge is -2.36. The van der Waals surface area contributed by atoms with Gasteiger partial charge in [-0.25, -0.2) is 4.68 Å². The van der Waals surface area contributed by atoms with E-state index < -0.39 is 0 Å². The van der Waals surface area contributed by atoms with Crippen molar-refractivity contribution in [2.24, 2.45) is 0 Å². The van der Waals surface area contributed by atoms with Crippen LogP contribution in [0.2, 0.25) is 0 Å². The van der Waals surface area contributed by atoms with Gasteiger partial charge in [-0.2, -0.15) is 0 Å². The highest BCUT2D eigenvalue weighted by Gasteiger charge is 2.24. The fourth-order valence-electron chi connectivity index (χ4n) is 4.07. The summed E-state index contributed by atoms with van der Waals surface area (Å²) in [4.78, 5) is 21.7. The van der Waals surface area contributed by atoms with Crippen LogP contribution in [0.25, 0.3) is 5.69 Å². The monoisotopic (exact) mass is 434 g/mol. The molecule has 0 atom stereocenters. The van der Waals surface area contributed by atoms with Crippen molar-refractivity contribution in [1.29, 1.82) is 0 Å². The van der Waals surface area contributed by atoms with Crippen molar-refractivity contribution < 1.29 is 4.79 Å². The van der Waals surface area contributed by atoms with Gasteiger partial charge in [0.05, 0.1) is 5.69 Å². The first-order valence-corrected chi connectivity index (χ1v) is 10.8. The Bertz CT molecular complexity index is 1040. The number of hydrogen-bond acceptors (Lipinski definition) is 9. The summed E-state index contributed by atoms with van der Waals surface area (Å²) in [6.07, 6.45) is 1.51. The van der Waals surface area contributed by atoms with E-state index in [1.807, 2.05) is 35.2 Å². The number of carbonyl (C=O) groups is 1. The largest absolute Gasteiger partial charge is 0.353 e. The Morgan fingerprint density at radius 2 is 1.50 bits per heavy atom. The zero-order chi connectivity index (χ0) is 21.9. The van der Waals surface area contributed by atoms with Gasteiger partial charge in [0.15, 0.2) is 11.6 Å². The molecule has 0 aliphatic carbocycles. The molecule has 0 unspecified atom stereocenters. The first-order valence-electron chi connectivity index (χ1n) is 10.8. The van der Waals surface area contributed by atoms with Gasteiger partial charge < -0.3 is 19.6 Å². The molecule has 4 heterocycles. The van der Waals surface area contributed by atoms with Crippen molar-refractivity contribution in [2.45, 2.75) is 0 Å². The van der Waals surface area contributed by atoms with Crippen molar-refractivity contribution in [3.05, 3.63) is 48.3 Å². The highest BCUT2D eigenvalue weighted by Crippen LogP contribution is 2.19. The molecule has 2 fully saturated rings. The van der Waals surface area contributed by atoms with E-state index in [-0.39, 0.29) is 5.91 Å². The lowest BCUT2D eigenvalue weighted by molar-refractivity contribution is 0.0746. The number of hydrogen-bond donors (Lipinski definition) is 0. The number of piperazine rings is 2. The molecule has 5 rings (SSSR count). The van der Waals surface area contributed by atoms with E-state index in [2.05, 4.69) is 53.5 Å². The van der Waals surface area contributed by atoms with Crippen LogP contribution in [0.1, 0.15) is 10.4 Å². The maximum Gasteiger partial charge on any atom is 0.254 e. The van der Waals surface area contributed by atoms with Gasteiger partial charge in [-0.15, -0.1) is 15.3 Å². The van der Waals surface area contributed by atoms with Gasteiger partial charge in [0.2, 0.25) is 0 Å². The minimum atomic E-state index is 0.0103. The normalized spacial score (nSPS) is 17.6. The Morgan fingerprint density at radius 1 is 0.844 bits per heavy atom. The lowest BCUT2D eigenvalue weighted by atomic mass is 10.1. The van der Waals surface area contributed by atoms with Gasteiger partial charge in [-0.3, -0.25) is 4.79 Å². The molecule has 166 valence electrons. The van der Waals surface area contributed by atoms with Crippen LogP contribution in [0.15, 0.2) is 42.7 Å². The number of tetrazole rings is 1. The van der Waals surface area contributed by atoms with Gasteiger partial charge in [0, 0.05) is 57.9 Å². The predicted molar refractivity (Wildman–Crippen MR) is 119 cm³/mol. The molecule has 2 aromatic heterocycles. The van der Waals surface area contributed by atoms with E-state index in [1.165, 1.54) is 6.33 Å². The standard InChI is InChI=1S/C21H26N10O/c1-27-7-9-28(10-8-27)19-5-6-20(24-23-19)29-11-13-30(14-12-29)21(32)17-3-2-4-18(15-17)31-16-22-25-26-31/h2-6,15-16H,7-14H2,1H3. The number of nitrogens with zero attached hydrogens (tertiary/aromatic N) is 10. The Labute approximate surface area is 186 Å². The molecule has 2 aliphatic rings. The molecule has 1 aromatic carbocycles. The third kappa shape index (κ3) is 4.24. The van der Waals surface area contributed by atoms with Crippen molar-refractivity contribution in [3.8, 4) is 5.69 Å². The number of anilines is 2.